The van der Waals surface area contributed by atoms with E-state index in [0.29, 0.717) is 6.54 Å². The molecule has 1 fully saturated rings. The van der Waals surface area contributed by atoms with Crippen molar-refractivity contribution in [1.82, 2.24) is 9.62 Å². The van der Waals surface area contributed by atoms with Crippen LogP contribution < -0.4 is 9.46 Å². The molecule has 1 atom stereocenters. The van der Waals surface area contributed by atoms with Crippen LogP contribution in [0.2, 0.25) is 0 Å². The molecule has 1 unspecified atom stereocenters. The van der Waals surface area contributed by atoms with Crippen LogP contribution in [0, 0.1) is 0 Å². The smallest absolute Gasteiger partial charge is 0.208 e. The van der Waals surface area contributed by atoms with Gasteiger partial charge in [-0.15, -0.1) is 0 Å². The number of nitrogens with one attached hydrogen (secondary N) is 1. The lowest BCUT2D eigenvalue weighted by Gasteiger charge is -2.35. The van der Waals surface area contributed by atoms with Crippen molar-refractivity contribution in [3.8, 4) is 5.75 Å². The molecule has 1 N–H and O–H groups in total. The van der Waals surface area contributed by atoms with E-state index in [-0.39, 0.29) is 6.04 Å². The molecule has 0 spiro atoms. The fourth-order valence-electron chi connectivity index (χ4n) is 2.84. The van der Waals surface area contributed by atoms with Crippen LogP contribution in [0.3, 0.4) is 0 Å². The molecule has 0 bridgehead atoms. The molecule has 0 amide bonds. The minimum Gasteiger partial charge on any atom is -0.496 e. The summed E-state index contributed by atoms with van der Waals surface area (Å²) in [6, 6.07) is 7.85. The van der Waals surface area contributed by atoms with Gasteiger partial charge in [-0.3, -0.25) is 4.90 Å². The third-order valence-electron chi connectivity index (χ3n) is 3.87. The van der Waals surface area contributed by atoms with Crippen molar-refractivity contribution in [2.75, 3.05) is 33.0 Å². The lowest BCUT2D eigenvalue weighted by Crippen LogP contribution is -2.40. The maximum Gasteiger partial charge on any atom is 0.208 e. The molecule has 1 heterocycles. The molecule has 2 rings (SSSR count). The zero-order chi connectivity index (χ0) is 15.3. The molecule has 0 aromatic heterocycles. The second-order valence-corrected chi connectivity index (χ2v) is 7.31. The van der Waals surface area contributed by atoms with Crippen molar-refractivity contribution in [1.29, 1.82) is 0 Å². The molecule has 0 saturated carbocycles. The fourth-order valence-corrected chi connectivity index (χ4v) is 3.30. The van der Waals surface area contributed by atoms with Gasteiger partial charge in [0.05, 0.1) is 19.4 Å². The van der Waals surface area contributed by atoms with Gasteiger partial charge >= 0.3 is 0 Å². The van der Waals surface area contributed by atoms with Crippen LogP contribution >= 0.6 is 0 Å². The van der Waals surface area contributed by atoms with Gasteiger partial charge in [0.1, 0.15) is 5.75 Å². The fraction of sp³-hybridized carbons (Fsp3) is 0.600. The molecule has 118 valence electrons. The van der Waals surface area contributed by atoms with Crippen LogP contribution in [0.1, 0.15) is 30.9 Å². The van der Waals surface area contributed by atoms with E-state index >= 15 is 0 Å². The number of likely N-dealkylation sites (tertiary alicyclic amines) is 1. The Kier molecular flexibility index (Phi) is 5.61. The average molecular weight is 312 g/mol. The molecular formula is C15H24N2O3S. The Labute approximate surface area is 127 Å². The maximum atomic E-state index is 11.4. The van der Waals surface area contributed by atoms with Crippen molar-refractivity contribution in [3.05, 3.63) is 29.8 Å². The quantitative estimate of drug-likeness (QED) is 0.870. The van der Waals surface area contributed by atoms with E-state index in [1.807, 2.05) is 24.3 Å². The van der Waals surface area contributed by atoms with Gasteiger partial charge in [0.25, 0.3) is 0 Å². The van der Waals surface area contributed by atoms with E-state index in [1.165, 1.54) is 12.7 Å². The van der Waals surface area contributed by atoms with Crippen LogP contribution in [0.15, 0.2) is 24.3 Å². The Morgan fingerprint density at radius 1 is 1.24 bits per heavy atom. The summed E-state index contributed by atoms with van der Waals surface area (Å²) in [4.78, 5) is 2.35. The van der Waals surface area contributed by atoms with E-state index in [1.54, 1.807) is 7.11 Å². The summed E-state index contributed by atoms with van der Waals surface area (Å²) in [6.45, 7) is 2.36. The second kappa shape index (κ2) is 7.24. The summed E-state index contributed by atoms with van der Waals surface area (Å²) in [5.41, 5.74) is 1.04. The Bertz CT molecular complexity index is 554. The first-order valence-electron chi connectivity index (χ1n) is 7.33. The molecule has 1 aliphatic rings. The number of hydrogen-bond donors (Lipinski definition) is 1. The summed E-state index contributed by atoms with van der Waals surface area (Å²) < 4.78 is 31.0. The van der Waals surface area contributed by atoms with Gasteiger partial charge in [0, 0.05) is 12.1 Å². The normalized spacial score (nSPS) is 18.4. The number of para-hydroxylation sites is 1. The number of sulfonamides is 1. The predicted octanol–water partition coefficient (Wildman–Crippen LogP) is 1.77. The van der Waals surface area contributed by atoms with Gasteiger partial charge in [-0.05, 0) is 32.0 Å². The lowest BCUT2D eigenvalue weighted by atomic mass is 10.0. The van der Waals surface area contributed by atoms with Crippen LogP contribution in [0.25, 0.3) is 0 Å². The summed E-state index contributed by atoms with van der Waals surface area (Å²) in [5.74, 6) is 0.809. The number of benzene rings is 1. The van der Waals surface area contributed by atoms with Crippen molar-refractivity contribution in [2.45, 2.75) is 25.3 Å². The first-order valence-corrected chi connectivity index (χ1v) is 9.22. The van der Waals surface area contributed by atoms with Gasteiger partial charge < -0.3 is 4.74 Å². The molecule has 0 radical (unpaired) electrons. The first kappa shape index (κ1) is 16.3. The minimum atomic E-state index is -3.20. The summed E-state index contributed by atoms with van der Waals surface area (Å²) in [5, 5.41) is 0. The van der Waals surface area contributed by atoms with Crippen LogP contribution in [-0.2, 0) is 10.0 Å². The highest BCUT2D eigenvalue weighted by Gasteiger charge is 2.25. The summed E-state index contributed by atoms with van der Waals surface area (Å²) in [7, 11) is -1.55. The van der Waals surface area contributed by atoms with Gasteiger partial charge in [0.2, 0.25) is 10.0 Å². The first-order chi connectivity index (χ1) is 10.0. The van der Waals surface area contributed by atoms with Crippen LogP contribution in [0.5, 0.6) is 5.75 Å². The third kappa shape index (κ3) is 4.69. The number of piperidine rings is 1. The van der Waals surface area contributed by atoms with Crippen molar-refractivity contribution < 1.29 is 13.2 Å². The molecule has 1 aromatic carbocycles. The monoisotopic (exact) mass is 312 g/mol. The van der Waals surface area contributed by atoms with Crippen LogP contribution in [-0.4, -0.2) is 46.3 Å². The van der Waals surface area contributed by atoms with E-state index in [9.17, 15) is 8.42 Å². The largest absolute Gasteiger partial charge is 0.496 e. The number of nitrogens with zero attached hydrogens (tertiary/aromatic N) is 1. The molecule has 0 aliphatic carbocycles. The Balaban J connectivity index is 2.25. The minimum absolute atomic E-state index is 0.0103. The molecule has 1 aromatic rings. The number of hydrogen-bond acceptors (Lipinski definition) is 4. The van der Waals surface area contributed by atoms with Gasteiger partial charge in [-0.25, -0.2) is 13.1 Å². The van der Waals surface area contributed by atoms with Crippen molar-refractivity contribution in [2.24, 2.45) is 0 Å². The molecule has 6 heteroatoms. The molecule has 5 nitrogen and oxygen atoms in total. The number of rotatable bonds is 6. The molecule has 1 saturated heterocycles. The lowest BCUT2D eigenvalue weighted by molar-refractivity contribution is 0.162. The molecular weight excluding hydrogens is 288 g/mol. The SMILES string of the molecule is COc1ccccc1C(CNS(C)(=O)=O)N1CCCCC1. The Morgan fingerprint density at radius 2 is 1.90 bits per heavy atom. The molecule has 1 aliphatic heterocycles. The summed E-state index contributed by atoms with van der Waals surface area (Å²) >= 11 is 0. The number of methoxy groups -OCH3 is 1. The standard InChI is InChI=1S/C15H24N2O3S/c1-20-15-9-5-4-8-13(15)14(12-16-21(2,18)19)17-10-6-3-7-11-17/h4-5,8-9,14,16H,3,6-7,10-12H2,1-2H3. The Morgan fingerprint density at radius 3 is 2.52 bits per heavy atom. The average Bonchev–Trinajstić information content (AvgIpc) is 2.48. The van der Waals surface area contributed by atoms with E-state index in [4.69, 9.17) is 4.74 Å². The zero-order valence-electron chi connectivity index (χ0n) is 12.7. The summed E-state index contributed by atoms with van der Waals surface area (Å²) in [6.07, 6.45) is 4.76. The van der Waals surface area contributed by atoms with E-state index < -0.39 is 10.0 Å². The van der Waals surface area contributed by atoms with E-state index in [0.717, 1.165) is 37.2 Å². The van der Waals surface area contributed by atoms with Crippen molar-refractivity contribution >= 4 is 10.0 Å². The maximum absolute atomic E-state index is 11.4. The highest BCUT2D eigenvalue weighted by molar-refractivity contribution is 7.88. The van der Waals surface area contributed by atoms with Gasteiger partial charge in [0.15, 0.2) is 0 Å². The van der Waals surface area contributed by atoms with Gasteiger partial charge in [-0.2, -0.15) is 0 Å². The highest BCUT2D eigenvalue weighted by Crippen LogP contribution is 2.30. The molecule has 21 heavy (non-hydrogen) atoms. The third-order valence-corrected chi connectivity index (χ3v) is 4.56. The highest BCUT2D eigenvalue weighted by atomic mass is 32.2. The topological polar surface area (TPSA) is 58.6 Å². The Hall–Kier alpha value is -1.11. The van der Waals surface area contributed by atoms with Crippen molar-refractivity contribution in [3.63, 3.8) is 0 Å². The van der Waals surface area contributed by atoms with Crippen LogP contribution in [0.4, 0.5) is 0 Å². The number of ether oxygens (including phenoxy) is 1. The zero-order valence-corrected chi connectivity index (χ0v) is 13.5. The predicted molar refractivity (Wildman–Crippen MR) is 84.0 cm³/mol. The van der Waals surface area contributed by atoms with Gasteiger partial charge in [-0.1, -0.05) is 24.6 Å². The van der Waals surface area contributed by atoms with E-state index in [2.05, 4.69) is 9.62 Å². The second-order valence-electron chi connectivity index (χ2n) is 5.48.